The number of nitrogens with zero attached hydrogens (tertiary/aromatic N) is 2. The van der Waals surface area contributed by atoms with Crippen molar-refractivity contribution in [1.29, 1.82) is 5.26 Å². The fourth-order valence-electron chi connectivity index (χ4n) is 2.15. The van der Waals surface area contributed by atoms with Crippen LogP contribution in [0.15, 0.2) is 11.8 Å². The molecule has 0 saturated carbocycles. The Hall–Kier alpha value is -2.56. The van der Waals surface area contributed by atoms with Crippen molar-refractivity contribution >= 4 is 17.8 Å². The molecule has 0 aromatic heterocycles. The molecule has 1 saturated heterocycles. The number of carbonyl (C=O) groups is 3. The molecule has 1 atom stereocenters. The van der Waals surface area contributed by atoms with Gasteiger partial charge < -0.3 is 20.1 Å². The van der Waals surface area contributed by atoms with Crippen molar-refractivity contribution in [3.8, 4) is 6.07 Å². The fourth-order valence-corrected chi connectivity index (χ4v) is 2.15. The average molecular weight is 309 g/mol. The fraction of sp³-hybridized carbons (Fsp3) is 0.571. The summed E-state index contributed by atoms with van der Waals surface area (Å²) >= 11 is 0. The van der Waals surface area contributed by atoms with Gasteiger partial charge in [0, 0.05) is 19.3 Å². The number of carboxylic acids is 1. The Labute approximate surface area is 128 Å². The zero-order valence-electron chi connectivity index (χ0n) is 12.4. The maximum atomic E-state index is 11.7. The number of aliphatic carboxylic acids is 1. The van der Waals surface area contributed by atoms with Crippen molar-refractivity contribution in [2.45, 2.75) is 19.8 Å². The summed E-state index contributed by atoms with van der Waals surface area (Å²) in [5, 5.41) is 19.6. The van der Waals surface area contributed by atoms with Crippen LogP contribution in [0.3, 0.4) is 0 Å². The highest BCUT2D eigenvalue weighted by Crippen LogP contribution is 2.18. The quantitative estimate of drug-likeness (QED) is 0.398. The van der Waals surface area contributed by atoms with E-state index in [0.29, 0.717) is 26.1 Å². The first-order chi connectivity index (χ1) is 10.5. The van der Waals surface area contributed by atoms with Gasteiger partial charge in [0.05, 0.1) is 12.5 Å². The van der Waals surface area contributed by atoms with E-state index in [1.807, 2.05) is 0 Å². The Morgan fingerprint density at radius 2 is 2.23 bits per heavy atom. The smallest absolute Gasteiger partial charge is 0.322 e. The lowest BCUT2D eigenvalue weighted by molar-refractivity contribution is -0.149. The van der Waals surface area contributed by atoms with E-state index in [0.717, 1.165) is 6.42 Å². The molecule has 1 unspecified atom stereocenters. The molecule has 0 aromatic rings. The summed E-state index contributed by atoms with van der Waals surface area (Å²) in [5.74, 6) is -2.50. The minimum Gasteiger partial charge on any atom is -0.480 e. The van der Waals surface area contributed by atoms with E-state index in [1.54, 1.807) is 17.9 Å². The maximum absolute atomic E-state index is 11.7. The number of carboxylic acid groups (broad SMARTS) is 1. The largest absolute Gasteiger partial charge is 0.480 e. The minimum atomic E-state index is -1.19. The van der Waals surface area contributed by atoms with Crippen LogP contribution in [-0.4, -0.2) is 54.1 Å². The van der Waals surface area contributed by atoms with Gasteiger partial charge in [0.2, 0.25) is 0 Å². The van der Waals surface area contributed by atoms with Crippen LogP contribution in [0.2, 0.25) is 0 Å². The van der Waals surface area contributed by atoms with Gasteiger partial charge in [-0.1, -0.05) is 0 Å². The van der Waals surface area contributed by atoms with Gasteiger partial charge in [-0.2, -0.15) is 5.26 Å². The topological polar surface area (TPSA) is 120 Å². The summed E-state index contributed by atoms with van der Waals surface area (Å²) in [7, 11) is 0. The summed E-state index contributed by atoms with van der Waals surface area (Å²) in [6, 6.07) is 1.74. The Kier molecular flexibility index (Phi) is 6.89. The first-order valence-corrected chi connectivity index (χ1v) is 7.00. The highest BCUT2D eigenvalue weighted by molar-refractivity contribution is 5.98. The molecule has 1 amide bonds. The van der Waals surface area contributed by atoms with Crippen molar-refractivity contribution in [1.82, 2.24) is 10.2 Å². The van der Waals surface area contributed by atoms with E-state index in [1.165, 1.54) is 6.20 Å². The Bertz CT molecular complexity index is 509. The van der Waals surface area contributed by atoms with E-state index >= 15 is 0 Å². The van der Waals surface area contributed by atoms with Gasteiger partial charge in [-0.05, 0) is 19.8 Å². The second-order valence-electron chi connectivity index (χ2n) is 4.82. The predicted octanol–water partition coefficient (Wildman–Crippen LogP) is -0.130. The molecule has 1 aliphatic heterocycles. The van der Waals surface area contributed by atoms with Gasteiger partial charge in [0.1, 0.15) is 18.2 Å². The zero-order valence-corrected chi connectivity index (χ0v) is 12.4. The molecule has 1 heterocycles. The highest BCUT2D eigenvalue weighted by Gasteiger charge is 2.26. The van der Waals surface area contributed by atoms with Gasteiger partial charge in [0.25, 0.3) is 5.91 Å². The van der Waals surface area contributed by atoms with Gasteiger partial charge >= 0.3 is 11.9 Å². The number of piperidine rings is 1. The Morgan fingerprint density at radius 3 is 2.82 bits per heavy atom. The van der Waals surface area contributed by atoms with Crippen molar-refractivity contribution in [3.05, 3.63) is 11.8 Å². The van der Waals surface area contributed by atoms with Crippen molar-refractivity contribution < 1.29 is 24.2 Å². The van der Waals surface area contributed by atoms with E-state index in [4.69, 9.17) is 15.1 Å². The van der Waals surface area contributed by atoms with Crippen LogP contribution in [0, 0.1) is 17.2 Å². The molecule has 8 heteroatoms. The van der Waals surface area contributed by atoms with E-state index in [2.05, 4.69) is 5.32 Å². The van der Waals surface area contributed by atoms with E-state index in [-0.39, 0.29) is 17.5 Å². The highest BCUT2D eigenvalue weighted by atomic mass is 16.5. The molecule has 22 heavy (non-hydrogen) atoms. The lowest BCUT2D eigenvalue weighted by Crippen LogP contribution is -2.37. The van der Waals surface area contributed by atoms with Crippen molar-refractivity contribution in [3.63, 3.8) is 0 Å². The second kappa shape index (κ2) is 8.67. The van der Waals surface area contributed by atoms with Crippen molar-refractivity contribution in [2.24, 2.45) is 5.92 Å². The number of carbonyl (C=O) groups excluding carboxylic acids is 2. The van der Waals surface area contributed by atoms with Gasteiger partial charge in [-0.15, -0.1) is 0 Å². The summed E-state index contributed by atoms with van der Waals surface area (Å²) < 4.78 is 4.98. The molecular weight excluding hydrogens is 290 g/mol. The molecule has 8 nitrogen and oxygen atoms in total. The van der Waals surface area contributed by atoms with Crippen LogP contribution in [0.5, 0.6) is 0 Å². The Morgan fingerprint density at radius 1 is 1.50 bits per heavy atom. The number of hydrogen-bond donors (Lipinski definition) is 2. The molecule has 1 rings (SSSR count). The molecule has 1 fully saturated rings. The number of nitrogens with one attached hydrogen (secondary N) is 1. The Balaban J connectivity index is 2.68. The molecule has 0 radical (unpaired) electrons. The number of hydrogen-bond acceptors (Lipinski definition) is 6. The number of amides is 1. The molecule has 120 valence electrons. The molecule has 0 bridgehead atoms. The van der Waals surface area contributed by atoms with Gasteiger partial charge in [-0.25, -0.2) is 0 Å². The van der Waals surface area contributed by atoms with Crippen LogP contribution in [0.4, 0.5) is 0 Å². The van der Waals surface area contributed by atoms with Crippen LogP contribution >= 0.6 is 0 Å². The minimum absolute atomic E-state index is 0.189. The van der Waals surface area contributed by atoms with Crippen LogP contribution in [0.25, 0.3) is 0 Å². The first-order valence-electron chi connectivity index (χ1n) is 7.00. The van der Waals surface area contributed by atoms with Crippen LogP contribution < -0.4 is 5.32 Å². The summed E-state index contributed by atoms with van der Waals surface area (Å²) in [6.45, 7) is 2.48. The molecule has 0 spiro atoms. The molecular formula is C14H19N3O5. The summed E-state index contributed by atoms with van der Waals surface area (Å²) in [6.07, 6.45) is 2.81. The standard InChI is InChI=1S/C14H19N3O5/c1-2-22-14(21)10-4-3-5-17(8-10)9-11(6-15)13(20)16-7-12(18)19/h9-10H,2-5,7-8H2,1H3,(H,16,20)(H,18,19)/b11-9-. The number of nitriles is 1. The van der Waals surface area contributed by atoms with E-state index in [9.17, 15) is 14.4 Å². The van der Waals surface area contributed by atoms with Gasteiger partial charge in [-0.3, -0.25) is 14.4 Å². The van der Waals surface area contributed by atoms with Gasteiger partial charge in [0.15, 0.2) is 0 Å². The number of rotatable bonds is 6. The number of esters is 1. The summed E-state index contributed by atoms with van der Waals surface area (Å²) in [5.41, 5.74) is -0.189. The molecule has 0 aromatic carbocycles. The number of ether oxygens (including phenoxy) is 1. The van der Waals surface area contributed by atoms with Crippen molar-refractivity contribution in [2.75, 3.05) is 26.2 Å². The third-order valence-corrected chi connectivity index (χ3v) is 3.15. The van der Waals surface area contributed by atoms with Crippen LogP contribution in [0.1, 0.15) is 19.8 Å². The monoisotopic (exact) mass is 309 g/mol. The maximum Gasteiger partial charge on any atom is 0.322 e. The first kappa shape index (κ1) is 17.5. The third kappa shape index (κ3) is 5.44. The van der Waals surface area contributed by atoms with E-state index < -0.39 is 18.4 Å². The summed E-state index contributed by atoms with van der Waals surface area (Å²) in [4.78, 5) is 35.5. The predicted molar refractivity (Wildman–Crippen MR) is 75.3 cm³/mol. The lowest BCUT2D eigenvalue weighted by Gasteiger charge is -2.30. The van der Waals surface area contributed by atoms with Crippen LogP contribution in [-0.2, 0) is 19.1 Å². The third-order valence-electron chi connectivity index (χ3n) is 3.15. The zero-order chi connectivity index (χ0) is 16.5. The normalized spacial score (nSPS) is 18.3. The molecule has 1 aliphatic rings. The molecule has 2 N–H and O–H groups in total. The molecule has 0 aliphatic carbocycles. The lowest BCUT2D eigenvalue weighted by atomic mass is 9.98. The SMILES string of the molecule is CCOC(=O)C1CCCN(/C=C(/C#N)C(=O)NCC(=O)O)C1. The average Bonchev–Trinajstić information content (AvgIpc) is 2.50. The number of likely N-dealkylation sites (tertiary alicyclic amines) is 1. The second-order valence-corrected chi connectivity index (χ2v) is 4.82.